The van der Waals surface area contributed by atoms with Crippen molar-refractivity contribution in [1.29, 1.82) is 5.26 Å². The predicted octanol–water partition coefficient (Wildman–Crippen LogP) is 2.73. The molecule has 1 unspecified atom stereocenters. The van der Waals surface area contributed by atoms with Crippen LogP contribution in [-0.4, -0.2) is 4.32 Å². The van der Waals surface area contributed by atoms with Gasteiger partial charge in [-0.15, -0.1) is 0 Å². The first kappa shape index (κ1) is 7.84. The molecule has 0 amide bonds. The minimum absolute atomic E-state index is 0.557. The Morgan fingerprint density at radius 1 is 1.80 bits per heavy atom. The Labute approximate surface area is 73.1 Å². The fourth-order valence-electron chi connectivity index (χ4n) is 0.745. The van der Waals surface area contributed by atoms with E-state index in [1.165, 1.54) is 0 Å². The van der Waals surface area contributed by atoms with Gasteiger partial charge in [0.1, 0.15) is 4.32 Å². The van der Waals surface area contributed by atoms with Crippen LogP contribution in [0.5, 0.6) is 0 Å². The molecule has 0 N–H and O–H groups in total. The van der Waals surface area contributed by atoms with Crippen LogP contribution in [0.25, 0.3) is 0 Å². The summed E-state index contributed by atoms with van der Waals surface area (Å²) in [6.07, 6.45) is 5.92. The summed E-state index contributed by atoms with van der Waals surface area (Å²) in [5.74, 6) is 0. The molecule has 0 aromatic rings. The van der Waals surface area contributed by atoms with Crippen molar-refractivity contribution in [3.05, 3.63) is 23.3 Å². The van der Waals surface area contributed by atoms with E-state index in [1.54, 1.807) is 18.2 Å². The van der Waals surface area contributed by atoms with E-state index in [2.05, 4.69) is 22.0 Å². The zero-order valence-electron chi connectivity index (χ0n) is 5.14. The SMILES string of the molecule is N#CC1(Br)C=CC=C(Cl)C1. The molecule has 0 saturated heterocycles. The summed E-state index contributed by atoms with van der Waals surface area (Å²) < 4.78 is -0.571. The summed E-state index contributed by atoms with van der Waals surface area (Å²) >= 11 is 8.97. The zero-order valence-corrected chi connectivity index (χ0v) is 7.48. The highest BCUT2D eigenvalue weighted by Gasteiger charge is 2.25. The van der Waals surface area contributed by atoms with Crippen molar-refractivity contribution in [2.24, 2.45) is 0 Å². The highest BCUT2D eigenvalue weighted by atomic mass is 79.9. The van der Waals surface area contributed by atoms with Gasteiger partial charge in [0, 0.05) is 11.5 Å². The van der Waals surface area contributed by atoms with Gasteiger partial charge in [-0.1, -0.05) is 39.7 Å². The first-order chi connectivity index (χ1) is 4.66. The van der Waals surface area contributed by atoms with Gasteiger partial charge in [-0.3, -0.25) is 0 Å². The molecular weight excluding hydrogens is 213 g/mol. The highest BCUT2D eigenvalue weighted by molar-refractivity contribution is 9.10. The molecule has 1 aliphatic carbocycles. The lowest BCUT2D eigenvalue weighted by Gasteiger charge is -2.16. The van der Waals surface area contributed by atoms with Crippen LogP contribution in [0, 0.1) is 11.3 Å². The molecule has 0 aromatic carbocycles. The molecule has 0 saturated carbocycles. The lowest BCUT2D eigenvalue weighted by atomic mass is 10.0. The van der Waals surface area contributed by atoms with E-state index in [9.17, 15) is 0 Å². The fraction of sp³-hybridized carbons (Fsp3) is 0.286. The highest BCUT2D eigenvalue weighted by Crippen LogP contribution is 2.32. The van der Waals surface area contributed by atoms with Crippen molar-refractivity contribution < 1.29 is 0 Å². The van der Waals surface area contributed by atoms with Crippen LogP contribution in [0.2, 0.25) is 0 Å². The van der Waals surface area contributed by atoms with Gasteiger partial charge in [0.2, 0.25) is 0 Å². The van der Waals surface area contributed by atoms with Gasteiger partial charge in [-0.25, -0.2) is 0 Å². The Balaban J connectivity index is 2.84. The molecule has 1 rings (SSSR count). The average Bonchev–Trinajstić information content (AvgIpc) is 1.88. The number of halogens is 2. The van der Waals surface area contributed by atoms with E-state index in [-0.39, 0.29) is 0 Å². The first-order valence-corrected chi connectivity index (χ1v) is 3.97. The largest absolute Gasteiger partial charge is 0.196 e. The molecule has 0 radical (unpaired) electrons. The molecule has 0 bridgehead atoms. The molecule has 0 spiro atoms. The molecule has 3 heteroatoms. The van der Waals surface area contributed by atoms with Crippen LogP contribution >= 0.6 is 27.5 Å². The topological polar surface area (TPSA) is 23.8 Å². The number of rotatable bonds is 0. The van der Waals surface area contributed by atoms with Crippen molar-refractivity contribution >= 4 is 27.5 Å². The van der Waals surface area contributed by atoms with Gasteiger partial charge in [0.25, 0.3) is 0 Å². The molecule has 0 heterocycles. The summed E-state index contributed by atoms with van der Waals surface area (Å²) in [5.41, 5.74) is 0. The van der Waals surface area contributed by atoms with E-state index in [0.29, 0.717) is 11.5 Å². The smallest absolute Gasteiger partial charge is 0.135 e. The standard InChI is InChI=1S/C7H5BrClN/c8-7(5-10)3-1-2-6(9)4-7/h1-3H,4H2. The molecule has 0 aliphatic heterocycles. The number of nitriles is 1. The number of alkyl halides is 1. The second-order valence-corrected chi connectivity index (χ2v) is 4.02. The predicted molar refractivity (Wildman–Crippen MR) is 45.0 cm³/mol. The van der Waals surface area contributed by atoms with Gasteiger partial charge in [0.05, 0.1) is 6.07 Å². The summed E-state index contributed by atoms with van der Waals surface area (Å²) in [5, 5.41) is 9.34. The number of nitrogens with zero attached hydrogens (tertiary/aromatic N) is 1. The van der Waals surface area contributed by atoms with Gasteiger partial charge >= 0.3 is 0 Å². The van der Waals surface area contributed by atoms with Crippen LogP contribution in [0.15, 0.2) is 23.3 Å². The van der Waals surface area contributed by atoms with Gasteiger partial charge < -0.3 is 0 Å². The van der Waals surface area contributed by atoms with Crippen molar-refractivity contribution in [3.8, 4) is 6.07 Å². The van der Waals surface area contributed by atoms with E-state index < -0.39 is 4.32 Å². The van der Waals surface area contributed by atoms with Crippen LogP contribution in [0.3, 0.4) is 0 Å². The zero-order chi connectivity index (χ0) is 7.61. The Hall–Kier alpha value is -0.260. The Morgan fingerprint density at radius 2 is 2.50 bits per heavy atom. The lowest BCUT2D eigenvalue weighted by molar-refractivity contribution is 0.900. The fourth-order valence-corrected chi connectivity index (χ4v) is 1.65. The number of hydrogen-bond acceptors (Lipinski definition) is 1. The monoisotopic (exact) mass is 217 g/mol. The van der Waals surface area contributed by atoms with Gasteiger partial charge in [-0.2, -0.15) is 5.26 Å². The Morgan fingerprint density at radius 3 is 2.90 bits per heavy atom. The van der Waals surface area contributed by atoms with E-state index in [1.807, 2.05) is 0 Å². The minimum Gasteiger partial charge on any atom is -0.196 e. The van der Waals surface area contributed by atoms with E-state index in [4.69, 9.17) is 16.9 Å². The van der Waals surface area contributed by atoms with Crippen molar-refractivity contribution in [2.75, 3.05) is 0 Å². The maximum absolute atomic E-state index is 8.63. The number of allylic oxidation sites excluding steroid dienone is 4. The van der Waals surface area contributed by atoms with Crippen molar-refractivity contribution in [3.63, 3.8) is 0 Å². The summed E-state index contributed by atoms with van der Waals surface area (Å²) in [7, 11) is 0. The third kappa shape index (κ3) is 1.62. The van der Waals surface area contributed by atoms with E-state index >= 15 is 0 Å². The van der Waals surface area contributed by atoms with Crippen LogP contribution in [0.4, 0.5) is 0 Å². The van der Waals surface area contributed by atoms with Crippen LogP contribution in [-0.2, 0) is 0 Å². The molecular formula is C7H5BrClN. The Bertz CT molecular complexity index is 238. The summed E-state index contributed by atoms with van der Waals surface area (Å²) in [4.78, 5) is 0. The van der Waals surface area contributed by atoms with Gasteiger partial charge in [0.15, 0.2) is 0 Å². The van der Waals surface area contributed by atoms with Crippen LogP contribution < -0.4 is 0 Å². The second-order valence-electron chi connectivity index (χ2n) is 2.12. The third-order valence-electron chi connectivity index (χ3n) is 1.25. The van der Waals surface area contributed by atoms with E-state index in [0.717, 1.165) is 0 Å². The molecule has 0 aromatic heterocycles. The molecule has 0 fully saturated rings. The van der Waals surface area contributed by atoms with Gasteiger partial charge in [-0.05, 0) is 6.08 Å². The summed E-state index contributed by atoms with van der Waals surface area (Å²) in [6, 6.07) is 2.12. The maximum Gasteiger partial charge on any atom is 0.135 e. The second kappa shape index (κ2) is 2.77. The lowest BCUT2D eigenvalue weighted by Crippen LogP contribution is -2.15. The van der Waals surface area contributed by atoms with Crippen LogP contribution in [0.1, 0.15) is 6.42 Å². The molecule has 10 heavy (non-hydrogen) atoms. The van der Waals surface area contributed by atoms with Crippen molar-refractivity contribution in [1.82, 2.24) is 0 Å². The normalized spacial score (nSPS) is 31.1. The average molecular weight is 218 g/mol. The Kier molecular flexibility index (Phi) is 2.18. The molecule has 52 valence electrons. The number of hydrogen-bond donors (Lipinski definition) is 0. The minimum atomic E-state index is -0.571. The third-order valence-corrected chi connectivity index (χ3v) is 2.23. The first-order valence-electron chi connectivity index (χ1n) is 2.80. The molecule has 1 atom stereocenters. The van der Waals surface area contributed by atoms with Crippen molar-refractivity contribution in [2.45, 2.75) is 10.7 Å². The summed E-state index contributed by atoms with van der Waals surface area (Å²) in [6.45, 7) is 0. The molecule has 1 nitrogen and oxygen atoms in total. The molecule has 1 aliphatic rings. The quantitative estimate of drug-likeness (QED) is 0.574. The maximum atomic E-state index is 8.63.